The van der Waals surface area contributed by atoms with Crippen LogP contribution in [0.25, 0.3) is 11.0 Å². The number of halogens is 1. The van der Waals surface area contributed by atoms with Crippen molar-refractivity contribution >= 4 is 22.6 Å². The fraction of sp³-hybridized carbons (Fsp3) is 0.167. The first-order chi connectivity index (χ1) is 5.68. The number of aryl methyl sites for hydroxylation is 1. The molecule has 2 N–H and O–H groups in total. The lowest BCUT2D eigenvalue weighted by atomic mass is 10.3. The molecule has 2 heterocycles. The van der Waals surface area contributed by atoms with Crippen molar-refractivity contribution in [1.82, 2.24) is 20.2 Å². The molecular formula is C6H5ClN4O. The summed E-state index contributed by atoms with van der Waals surface area (Å²) < 4.78 is 0. The summed E-state index contributed by atoms with van der Waals surface area (Å²) in [6.07, 6.45) is 0. The molecule has 6 heteroatoms. The van der Waals surface area contributed by atoms with Crippen LogP contribution in [0.1, 0.15) is 5.69 Å². The van der Waals surface area contributed by atoms with Crippen LogP contribution in [0.3, 0.4) is 0 Å². The van der Waals surface area contributed by atoms with Crippen molar-refractivity contribution in [2.45, 2.75) is 6.92 Å². The van der Waals surface area contributed by atoms with E-state index in [4.69, 9.17) is 11.6 Å². The molecule has 0 spiro atoms. The van der Waals surface area contributed by atoms with Crippen molar-refractivity contribution < 1.29 is 0 Å². The minimum atomic E-state index is -0.267. The minimum Gasteiger partial charge on any atom is -0.296 e. The molecule has 0 saturated carbocycles. The standard InChI is InChI=1S/C6H5ClN4O/c1-2-3-4(11-10-2)8-6(7)9-5(3)12/h1H3,(H2,8,9,10,11,12). The van der Waals surface area contributed by atoms with Crippen LogP contribution in [0, 0.1) is 6.92 Å². The Bertz CT molecular complexity index is 486. The van der Waals surface area contributed by atoms with Gasteiger partial charge in [-0.15, -0.1) is 0 Å². The molecule has 0 atom stereocenters. The first-order valence-corrected chi connectivity index (χ1v) is 3.67. The van der Waals surface area contributed by atoms with Crippen molar-refractivity contribution in [2.75, 3.05) is 0 Å². The highest BCUT2D eigenvalue weighted by Crippen LogP contribution is 2.08. The second kappa shape index (κ2) is 2.31. The number of H-pyrrole nitrogens is 2. The van der Waals surface area contributed by atoms with Crippen molar-refractivity contribution in [3.8, 4) is 0 Å². The summed E-state index contributed by atoms with van der Waals surface area (Å²) in [5.74, 6) is 0. The van der Waals surface area contributed by atoms with E-state index in [0.717, 1.165) is 0 Å². The first kappa shape index (κ1) is 7.30. The van der Waals surface area contributed by atoms with E-state index in [1.807, 2.05) is 0 Å². The van der Waals surface area contributed by atoms with Crippen LogP contribution in [0.2, 0.25) is 5.28 Å². The third-order valence-corrected chi connectivity index (χ3v) is 1.75. The van der Waals surface area contributed by atoms with Crippen molar-refractivity contribution in [3.63, 3.8) is 0 Å². The van der Waals surface area contributed by atoms with Gasteiger partial charge < -0.3 is 0 Å². The molecule has 0 radical (unpaired) electrons. The number of hydrogen-bond donors (Lipinski definition) is 2. The maximum Gasteiger partial charge on any atom is 0.263 e. The van der Waals surface area contributed by atoms with Gasteiger partial charge in [0.2, 0.25) is 5.28 Å². The second-order valence-corrected chi connectivity index (χ2v) is 2.76. The number of rotatable bonds is 0. The highest BCUT2D eigenvalue weighted by atomic mass is 35.5. The Balaban J connectivity index is 3.03. The van der Waals surface area contributed by atoms with Gasteiger partial charge in [0.15, 0.2) is 5.65 Å². The smallest absolute Gasteiger partial charge is 0.263 e. The van der Waals surface area contributed by atoms with Gasteiger partial charge in [-0.1, -0.05) is 0 Å². The highest BCUT2D eigenvalue weighted by Gasteiger charge is 2.07. The third kappa shape index (κ3) is 0.902. The van der Waals surface area contributed by atoms with Crippen molar-refractivity contribution in [3.05, 3.63) is 21.3 Å². The number of nitrogens with one attached hydrogen (secondary N) is 2. The quantitative estimate of drug-likeness (QED) is 0.589. The molecule has 2 aromatic rings. The van der Waals surface area contributed by atoms with Gasteiger partial charge in [-0.3, -0.25) is 14.9 Å². The molecule has 0 aromatic carbocycles. The Kier molecular flexibility index (Phi) is 1.41. The van der Waals surface area contributed by atoms with Gasteiger partial charge in [-0.2, -0.15) is 10.1 Å². The number of fused-ring (bicyclic) bond motifs is 1. The Labute approximate surface area is 71.8 Å². The van der Waals surface area contributed by atoms with E-state index in [0.29, 0.717) is 16.7 Å². The molecular weight excluding hydrogens is 180 g/mol. The monoisotopic (exact) mass is 184 g/mol. The molecule has 0 aliphatic rings. The van der Waals surface area contributed by atoms with Gasteiger partial charge in [-0.25, -0.2) is 0 Å². The van der Waals surface area contributed by atoms with Crippen LogP contribution in [-0.2, 0) is 0 Å². The Morgan fingerprint density at radius 3 is 3.00 bits per heavy atom. The zero-order chi connectivity index (χ0) is 8.72. The highest BCUT2D eigenvalue weighted by molar-refractivity contribution is 6.28. The molecule has 2 rings (SSSR count). The molecule has 12 heavy (non-hydrogen) atoms. The molecule has 0 bridgehead atoms. The molecule has 0 fully saturated rings. The molecule has 0 saturated heterocycles. The summed E-state index contributed by atoms with van der Waals surface area (Å²) in [6.45, 7) is 1.75. The molecule has 5 nitrogen and oxygen atoms in total. The lowest BCUT2D eigenvalue weighted by Crippen LogP contribution is -2.07. The molecule has 0 aliphatic carbocycles. The van der Waals surface area contributed by atoms with E-state index in [9.17, 15) is 4.79 Å². The lowest BCUT2D eigenvalue weighted by molar-refractivity contribution is 1.05. The van der Waals surface area contributed by atoms with Crippen LogP contribution in [0.5, 0.6) is 0 Å². The topological polar surface area (TPSA) is 74.4 Å². The van der Waals surface area contributed by atoms with Gasteiger partial charge in [0.05, 0.1) is 0 Å². The van der Waals surface area contributed by atoms with Crippen LogP contribution in [0.4, 0.5) is 0 Å². The molecule has 0 aliphatic heterocycles. The van der Waals surface area contributed by atoms with Crippen LogP contribution < -0.4 is 5.56 Å². The fourth-order valence-corrected chi connectivity index (χ4v) is 1.21. The minimum absolute atomic E-state index is 0.0546. The Hall–Kier alpha value is -1.36. The van der Waals surface area contributed by atoms with Crippen molar-refractivity contribution in [1.29, 1.82) is 0 Å². The predicted molar refractivity (Wildman–Crippen MR) is 44.3 cm³/mol. The number of hydrogen-bond acceptors (Lipinski definition) is 3. The summed E-state index contributed by atoms with van der Waals surface area (Å²) in [4.78, 5) is 17.4. The van der Waals surface area contributed by atoms with Crippen LogP contribution >= 0.6 is 11.6 Å². The van der Waals surface area contributed by atoms with Gasteiger partial charge in [0.25, 0.3) is 5.56 Å². The normalized spacial score (nSPS) is 10.8. The van der Waals surface area contributed by atoms with Crippen LogP contribution in [0.15, 0.2) is 4.79 Å². The first-order valence-electron chi connectivity index (χ1n) is 3.29. The maximum absolute atomic E-state index is 11.2. The number of aromatic nitrogens is 4. The van der Waals surface area contributed by atoms with Crippen LogP contribution in [-0.4, -0.2) is 20.2 Å². The maximum atomic E-state index is 11.2. The molecule has 0 amide bonds. The summed E-state index contributed by atoms with van der Waals surface area (Å²) in [7, 11) is 0. The fourth-order valence-electron chi connectivity index (χ4n) is 1.05. The van der Waals surface area contributed by atoms with E-state index in [2.05, 4.69) is 20.2 Å². The Morgan fingerprint density at radius 2 is 2.25 bits per heavy atom. The lowest BCUT2D eigenvalue weighted by Gasteiger charge is -1.88. The van der Waals surface area contributed by atoms with Gasteiger partial charge >= 0.3 is 0 Å². The van der Waals surface area contributed by atoms with E-state index < -0.39 is 0 Å². The third-order valence-electron chi connectivity index (χ3n) is 1.58. The van der Waals surface area contributed by atoms with Gasteiger partial charge in [-0.05, 0) is 18.5 Å². The summed E-state index contributed by atoms with van der Waals surface area (Å²) >= 11 is 5.51. The summed E-state index contributed by atoms with van der Waals surface area (Å²) in [5, 5.41) is 6.97. The Morgan fingerprint density at radius 1 is 1.50 bits per heavy atom. The van der Waals surface area contributed by atoms with Crippen molar-refractivity contribution in [2.24, 2.45) is 0 Å². The summed E-state index contributed by atoms with van der Waals surface area (Å²) in [6, 6.07) is 0. The second-order valence-electron chi connectivity index (χ2n) is 2.40. The summed E-state index contributed by atoms with van der Waals surface area (Å²) in [5.41, 5.74) is 0.771. The van der Waals surface area contributed by atoms with E-state index >= 15 is 0 Å². The average molecular weight is 185 g/mol. The molecule has 62 valence electrons. The number of aromatic amines is 2. The van der Waals surface area contributed by atoms with E-state index in [1.54, 1.807) is 6.92 Å². The number of nitrogens with zero attached hydrogens (tertiary/aromatic N) is 2. The molecule has 2 aromatic heterocycles. The SMILES string of the molecule is Cc1[nH]nc2nc(Cl)[nH]c(=O)c12. The predicted octanol–water partition coefficient (Wildman–Crippen LogP) is 0.608. The van der Waals surface area contributed by atoms with Gasteiger partial charge in [0, 0.05) is 5.69 Å². The average Bonchev–Trinajstić information content (AvgIpc) is 2.31. The largest absolute Gasteiger partial charge is 0.296 e. The zero-order valence-corrected chi connectivity index (χ0v) is 6.94. The van der Waals surface area contributed by atoms with Gasteiger partial charge in [0.1, 0.15) is 5.39 Å². The van der Waals surface area contributed by atoms with E-state index in [-0.39, 0.29) is 10.8 Å². The zero-order valence-electron chi connectivity index (χ0n) is 6.18. The molecule has 0 unspecified atom stereocenters. The van der Waals surface area contributed by atoms with E-state index in [1.165, 1.54) is 0 Å².